The van der Waals surface area contributed by atoms with Gasteiger partial charge >= 0.3 is 0 Å². The zero-order valence-electron chi connectivity index (χ0n) is 15.1. The number of likely N-dealkylation sites (N-methyl/N-ethyl adjacent to an activating group) is 1. The SMILES string of the molecule is C/C=C1/CN2[C@H]3C[C@@]45c6cccc(OC)c6N(C)[C@H]4[C@@H]2C[C@@H]1[C@@H]3[C@H]5O. The first-order chi connectivity index (χ1) is 12.1. The predicted octanol–water partition coefficient (Wildman–Crippen LogP) is 2.16. The van der Waals surface area contributed by atoms with Crippen molar-refractivity contribution in [3.63, 3.8) is 0 Å². The van der Waals surface area contributed by atoms with E-state index in [4.69, 9.17) is 4.74 Å². The van der Waals surface area contributed by atoms with Crippen LogP contribution in [-0.2, 0) is 5.41 Å². The molecule has 4 saturated heterocycles. The summed E-state index contributed by atoms with van der Waals surface area (Å²) in [4.78, 5) is 5.17. The number of fused-ring (bicyclic) bond motifs is 2. The van der Waals surface area contributed by atoms with Gasteiger partial charge in [-0.2, -0.15) is 0 Å². The lowest BCUT2D eigenvalue weighted by Crippen LogP contribution is -2.68. The van der Waals surface area contributed by atoms with E-state index in [1.807, 2.05) is 0 Å². The number of aliphatic hydroxyl groups excluding tert-OH is 1. The third-order valence-electron chi connectivity index (χ3n) is 8.29. The van der Waals surface area contributed by atoms with Crippen molar-refractivity contribution >= 4 is 5.69 Å². The minimum atomic E-state index is -0.256. The molecule has 1 aromatic rings. The maximum Gasteiger partial charge on any atom is 0.142 e. The van der Waals surface area contributed by atoms with Gasteiger partial charge in [0.25, 0.3) is 0 Å². The van der Waals surface area contributed by atoms with Gasteiger partial charge in [-0.25, -0.2) is 0 Å². The first kappa shape index (κ1) is 14.6. The molecule has 4 heteroatoms. The quantitative estimate of drug-likeness (QED) is 0.796. The zero-order chi connectivity index (χ0) is 17.1. The highest BCUT2D eigenvalue weighted by Gasteiger charge is 2.74. The second kappa shape index (κ2) is 4.41. The average molecular weight is 338 g/mol. The van der Waals surface area contributed by atoms with Crippen molar-refractivity contribution in [3.05, 3.63) is 35.4 Å². The van der Waals surface area contributed by atoms with E-state index in [1.165, 1.54) is 17.7 Å². The van der Waals surface area contributed by atoms with Crippen molar-refractivity contribution in [2.45, 2.75) is 49.4 Å². The maximum atomic E-state index is 11.7. The van der Waals surface area contributed by atoms with E-state index in [0.717, 1.165) is 18.7 Å². The molecule has 1 aliphatic carbocycles. The number of nitrogens with zero attached hydrogens (tertiary/aromatic N) is 2. The second-order valence-electron chi connectivity index (χ2n) is 8.69. The summed E-state index contributed by atoms with van der Waals surface area (Å²) >= 11 is 0. The normalized spacial score (nSPS) is 49.7. The third kappa shape index (κ3) is 1.35. The van der Waals surface area contributed by atoms with E-state index in [-0.39, 0.29) is 11.5 Å². The lowest BCUT2D eigenvalue weighted by atomic mass is 9.65. The number of piperidine rings is 4. The van der Waals surface area contributed by atoms with Gasteiger partial charge in [-0.15, -0.1) is 0 Å². The molecule has 5 heterocycles. The highest BCUT2D eigenvalue weighted by Crippen LogP contribution is 2.68. The van der Waals surface area contributed by atoms with Crippen LogP contribution in [0, 0.1) is 11.8 Å². The van der Waals surface area contributed by atoms with Crippen LogP contribution in [0.2, 0.25) is 0 Å². The molecule has 1 spiro atoms. The number of benzene rings is 1. The number of aliphatic hydroxyl groups is 1. The van der Waals surface area contributed by atoms with Gasteiger partial charge in [0.15, 0.2) is 0 Å². The smallest absolute Gasteiger partial charge is 0.142 e. The molecule has 132 valence electrons. The fraction of sp³-hybridized carbons (Fsp3) is 0.619. The number of hydrogen-bond acceptors (Lipinski definition) is 4. The fourth-order valence-corrected chi connectivity index (χ4v) is 7.60. The van der Waals surface area contributed by atoms with Crippen LogP contribution in [0.15, 0.2) is 29.8 Å². The van der Waals surface area contributed by atoms with Crippen LogP contribution in [0.25, 0.3) is 0 Å². The highest BCUT2D eigenvalue weighted by atomic mass is 16.5. The highest BCUT2D eigenvalue weighted by molar-refractivity contribution is 5.74. The molecule has 7 rings (SSSR count). The van der Waals surface area contributed by atoms with Gasteiger partial charge in [-0.3, -0.25) is 4.90 Å². The molecular weight excluding hydrogens is 312 g/mol. The third-order valence-corrected chi connectivity index (χ3v) is 8.29. The van der Waals surface area contributed by atoms with Crippen LogP contribution in [0.5, 0.6) is 5.75 Å². The van der Waals surface area contributed by atoms with E-state index in [2.05, 4.69) is 48.0 Å². The topological polar surface area (TPSA) is 35.9 Å². The van der Waals surface area contributed by atoms with Gasteiger partial charge in [0.1, 0.15) is 5.75 Å². The molecule has 1 saturated carbocycles. The van der Waals surface area contributed by atoms with Gasteiger partial charge in [0.05, 0.1) is 24.9 Å². The van der Waals surface area contributed by atoms with Crippen LogP contribution in [0.1, 0.15) is 25.3 Å². The first-order valence-electron chi connectivity index (χ1n) is 9.62. The number of allylic oxidation sites excluding steroid dienone is 1. The van der Waals surface area contributed by atoms with Gasteiger partial charge in [-0.05, 0) is 37.3 Å². The van der Waals surface area contributed by atoms with Gasteiger partial charge in [0, 0.05) is 37.0 Å². The van der Waals surface area contributed by atoms with Crippen LogP contribution in [0.3, 0.4) is 0 Å². The van der Waals surface area contributed by atoms with Gasteiger partial charge in [-0.1, -0.05) is 23.8 Å². The number of anilines is 1. The Labute approximate surface area is 149 Å². The summed E-state index contributed by atoms with van der Waals surface area (Å²) in [5.74, 6) is 1.92. The molecule has 25 heavy (non-hydrogen) atoms. The molecule has 0 aromatic heterocycles. The van der Waals surface area contributed by atoms with E-state index in [1.54, 1.807) is 12.7 Å². The van der Waals surface area contributed by atoms with Gasteiger partial charge in [0.2, 0.25) is 0 Å². The van der Waals surface area contributed by atoms with Crippen molar-refractivity contribution in [1.29, 1.82) is 0 Å². The molecule has 4 nitrogen and oxygen atoms in total. The molecule has 1 unspecified atom stereocenters. The molecule has 8 atom stereocenters. The number of ether oxygens (including phenoxy) is 1. The van der Waals surface area contributed by atoms with Crippen LogP contribution in [-0.4, -0.2) is 54.9 Å². The molecule has 5 fully saturated rings. The molecule has 5 bridgehead atoms. The Morgan fingerprint density at radius 1 is 1.32 bits per heavy atom. The Morgan fingerprint density at radius 3 is 2.92 bits per heavy atom. The van der Waals surface area contributed by atoms with Gasteiger partial charge < -0.3 is 14.7 Å². The summed E-state index contributed by atoms with van der Waals surface area (Å²) in [5, 5.41) is 11.7. The minimum absolute atomic E-state index is 0.118. The molecule has 6 aliphatic rings. The van der Waals surface area contributed by atoms with Crippen LogP contribution < -0.4 is 9.64 Å². The molecule has 1 N–H and O–H groups in total. The largest absolute Gasteiger partial charge is 0.495 e. The van der Waals surface area contributed by atoms with Crippen molar-refractivity contribution in [1.82, 2.24) is 4.90 Å². The predicted molar refractivity (Wildman–Crippen MR) is 97.1 cm³/mol. The number of rotatable bonds is 1. The van der Waals surface area contributed by atoms with E-state index in [0.29, 0.717) is 30.0 Å². The summed E-state index contributed by atoms with van der Waals surface area (Å²) in [6.45, 7) is 3.27. The Bertz CT molecular complexity index is 805. The maximum absolute atomic E-state index is 11.7. The Hall–Kier alpha value is -1.52. The lowest BCUT2D eigenvalue weighted by molar-refractivity contribution is -0.0345. The molecule has 5 aliphatic heterocycles. The van der Waals surface area contributed by atoms with E-state index >= 15 is 0 Å². The van der Waals surface area contributed by atoms with Crippen molar-refractivity contribution in [3.8, 4) is 5.75 Å². The summed E-state index contributed by atoms with van der Waals surface area (Å²) in [6, 6.07) is 7.86. The molecule has 0 radical (unpaired) electrons. The lowest BCUT2D eigenvalue weighted by Gasteiger charge is -2.58. The summed E-state index contributed by atoms with van der Waals surface area (Å²) in [7, 11) is 3.97. The van der Waals surface area contributed by atoms with Crippen molar-refractivity contribution in [2.24, 2.45) is 11.8 Å². The summed E-state index contributed by atoms with van der Waals surface area (Å²) in [6.07, 6.45) is 4.35. The Morgan fingerprint density at radius 2 is 2.16 bits per heavy atom. The van der Waals surface area contributed by atoms with E-state index < -0.39 is 0 Å². The molecule has 0 amide bonds. The minimum Gasteiger partial charge on any atom is -0.495 e. The van der Waals surface area contributed by atoms with Crippen LogP contribution in [0.4, 0.5) is 5.69 Å². The molecule has 1 aromatic carbocycles. The average Bonchev–Trinajstić information content (AvgIpc) is 3.04. The fourth-order valence-electron chi connectivity index (χ4n) is 7.60. The van der Waals surface area contributed by atoms with Crippen molar-refractivity contribution in [2.75, 3.05) is 25.6 Å². The number of para-hydroxylation sites is 1. The zero-order valence-corrected chi connectivity index (χ0v) is 15.1. The van der Waals surface area contributed by atoms with E-state index in [9.17, 15) is 5.11 Å². The Kier molecular flexibility index (Phi) is 2.58. The number of hydrogen-bond donors (Lipinski definition) is 1. The molecular formula is C21H26N2O2. The Balaban J connectivity index is 1.61. The second-order valence-corrected chi connectivity index (χ2v) is 8.69. The first-order valence-corrected chi connectivity index (χ1v) is 9.62. The monoisotopic (exact) mass is 338 g/mol. The number of methoxy groups -OCH3 is 1. The summed E-state index contributed by atoms with van der Waals surface area (Å²) < 4.78 is 5.70. The van der Waals surface area contributed by atoms with Crippen molar-refractivity contribution < 1.29 is 9.84 Å². The van der Waals surface area contributed by atoms with Crippen LogP contribution >= 0.6 is 0 Å². The standard InChI is InChI=1S/C21H26N2O2/c1-4-11-10-23-14-8-12(11)17-15(23)9-21(20(17)24)13-6-5-7-16(25-3)18(13)22(2)19(14)21/h4-7,12,14-15,17,19-20,24H,8-10H2,1-3H3/b11-4-/t12-,14-,15-,17-,19-,20+,21+/m0/s1. The summed E-state index contributed by atoms with van der Waals surface area (Å²) in [5.41, 5.74) is 3.98.